The molecule has 0 aliphatic heterocycles. The van der Waals surface area contributed by atoms with Crippen molar-refractivity contribution in [1.82, 2.24) is 20.3 Å². The summed E-state index contributed by atoms with van der Waals surface area (Å²) in [5, 5.41) is 3.17. The SMILES string of the molecule is CNCCCc1ccc2nc(-c3ccncc3)[nH]c2c1. The van der Waals surface area contributed by atoms with Crippen molar-refractivity contribution in [2.24, 2.45) is 0 Å². The van der Waals surface area contributed by atoms with Crippen LogP contribution in [0.4, 0.5) is 0 Å². The zero-order valence-electron chi connectivity index (χ0n) is 11.6. The highest BCUT2D eigenvalue weighted by Crippen LogP contribution is 2.21. The standard InChI is InChI=1S/C16H18N4/c1-17-8-2-3-12-4-5-14-15(11-12)20-16(19-14)13-6-9-18-10-7-13/h4-7,9-11,17H,2-3,8H2,1H3,(H,19,20). The van der Waals surface area contributed by atoms with Crippen molar-refractivity contribution in [1.29, 1.82) is 0 Å². The Morgan fingerprint density at radius 1 is 1.15 bits per heavy atom. The Morgan fingerprint density at radius 2 is 2.00 bits per heavy atom. The zero-order chi connectivity index (χ0) is 13.8. The molecule has 3 rings (SSSR count). The topological polar surface area (TPSA) is 53.6 Å². The summed E-state index contributed by atoms with van der Waals surface area (Å²) in [6, 6.07) is 10.4. The summed E-state index contributed by atoms with van der Waals surface area (Å²) in [7, 11) is 1.99. The van der Waals surface area contributed by atoms with E-state index in [1.54, 1.807) is 12.4 Å². The number of imidazole rings is 1. The van der Waals surface area contributed by atoms with Gasteiger partial charge in [-0.15, -0.1) is 0 Å². The number of H-pyrrole nitrogens is 1. The quantitative estimate of drug-likeness (QED) is 0.698. The van der Waals surface area contributed by atoms with E-state index in [9.17, 15) is 0 Å². The van der Waals surface area contributed by atoms with Crippen LogP contribution in [0.5, 0.6) is 0 Å². The van der Waals surface area contributed by atoms with Gasteiger partial charge in [0.05, 0.1) is 11.0 Å². The Balaban J connectivity index is 1.88. The fraction of sp³-hybridized carbons (Fsp3) is 0.250. The highest BCUT2D eigenvalue weighted by Gasteiger charge is 2.05. The lowest BCUT2D eigenvalue weighted by Gasteiger charge is -2.00. The number of nitrogens with one attached hydrogen (secondary N) is 2. The molecular formula is C16H18N4. The largest absolute Gasteiger partial charge is 0.338 e. The first kappa shape index (κ1) is 12.8. The molecule has 0 unspecified atom stereocenters. The molecule has 0 bridgehead atoms. The van der Waals surface area contributed by atoms with Crippen LogP contribution in [-0.4, -0.2) is 28.5 Å². The van der Waals surface area contributed by atoms with Gasteiger partial charge in [0.15, 0.2) is 0 Å². The van der Waals surface area contributed by atoms with Crippen molar-refractivity contribution in [2.75, 3.05) is 13.6 Å². The monoisotopic (exact) mass is 266 g/mol. The van der Waals surface area contributed by atoms with E-state index in [0.717, 1.165) is 41.8 Å². The van der Waals surface area contributed by atoms with E-state index in [0.29, 0.717) is 0 Å². The number of aryl methyl sites for hydroxylation is 1. The third-order valence-electron chi connectivity index (χ3n) is 3.39. The van der Waals surface area contributed by atoms with Crippen LogP contribution in [0.15, 0.2) is 42.7 Å². The first-order valence-corrected chi connectivity index (χ1v) is 6.90. The average Bonchev–Trinajstić information content (AvgIpc) is 2.92. The minimum absolute atomic E-state index is 0.898. The van der Waals surface area contributed by atoms with Crippen LogP contribution in [0.3, 0.4) is 0 Å². The minimum Gasteiger partial charge on any atom is -0.338 e. The molecule has 0 spiro atoms. The number of rotatable bonds is 5. The van der Waals surface area contributed by atoms with Crippen LogP contribution in [0.2, 0.25) is 0 Å². The molecule has 4 nitrogen and oxygen atoms in total. The van der Waals surface area contributed by atoms with Crippen LogP contribution in [0.1, 0.15) is 12.0 Å². The van der Waals surface area contributed by atoms with Crippen LogP contribution in [-0.2, 0) is 6.42 Å². The summed E-state index contributed by atoms with van der Waals surface area (Å²) in [6.07, 6.45) is 5.80. The van der Waals surface area contributed by atoms with Gasteiger partial charge in [-0.3, -0.25) is 4.98 Å². The number of nitrogens with zero attached hydrogens (tertiary/aromatic N) is 2. The molecule has 0 saturated heterocycles. The molecule has 0 radical (unpaired) electrons. The minimum atomic E-state index is 0.898. The molecule has 0 fully saturated rings. The highest BCUT2D eigenvalue weighted by atomic mass is 14.9. The van der Waals surface area contributed by atoms with Gasteiger partial charge >= 0.3 is 0 Å². The second-order valence-corrected chi connectivity index (χ2v) is 4.88. The van der Waals surface area contributed by atoms with E-state index in [1.165, 1.54) is 5.56 Å². The molecule has 2 N–H and O–H groups in total. The van der Waals surface area contributed by atoms with Crippen molar-refractivity contribution >= 4 is 11.0 Å². The van der Waals surface area contributed by atoms with E-state index in [1.807, 2.05) is 19.2 Å². The maximum Gasteiger partial charge on any atom is 0.138 e. The first-order valence-electron chi connectivity index (χ1n) is 6.90. The third-order valence-corrected chi connectivity index (χ3v) is 3.39. The predicted molar refractivity (Wildman–Crippen MR) is 81.6 cm³/mol. The molecule has 2 heterocycles. The lowest BCUT2D eigenvalue weighted by molar-refractivity contribution is 0.725. The molecule has 0 aliphatic rings. The Hall–Kier alpha value is -2.20. The molecule has 1 aromatic carbocycles. The molecule has 3 aromatic rings. The van der Waals surface area contributed by atoms with E-state index in [2.05, 4.69) is 38.5 Å². The van der Waals surface area contributed by atoms with Gasteiger partial charge in [-0.25, -0.2) is 4.98 Å². The molecule has 0 aliphatic carbocycles. The number of aromatic nitrogens is 3. The lowest BCUT2D eigenvalue weighted by Crippen LogP contribution is -2.08. The smallest absolute Gasteiger partial charge is 0.138 e. The van der Waals surface area contributed by atoms with Crippen LogP contribution < -0.4 is 5.32 Å². The number of hydrogen-bond acceptors (Lipinski definition) is 3. The number of fused-ring (bicyclic) bond motifs is 1. The maximum atomic E-state index is 4.62. The number of benzene rings is 1. The molecular weight excluding hydrogens is 248 g/mol. The summed E-state index contributed by atoms with van der Waals surface area (Å²) >= 11 is 0. The Morgan fingerprint density at radius 3 is 2.80 bits per heavy atom. The third kappa shape index (κ3) is 2.70. The summed E-state index contributed by atoms with van der Waals surface area (Å²) < 4.78 is 0. The summed E-state index contributed by atoms with van der Waals surface area (Å²) in [5.41, 5.74) is 4.51. The molecule has 0 saturated carbocycles. The summed E-state index contributed by atoms with van der Waals surface area (Å²) in [4.78, 5) is 12.0. The van der Waals surface area contributed by atoms with E-state index >= 15 is 0 Å². The molecule has 20 heavy (non-hydrogen) atoms. The molecule has 0 atom stereocenters. The second-order valence-electron chi connectivity index (χ2n) is 4.88. The average molecular weight is 266 g/mol. The normalized spacial score (nSPS) is 11.1. The van der Waals surface area contributed by atoms with Gasteiger partial charge in [0.1, 0.15) is 5.82 Å². The van der Waals surface area contributed by atoms with Crippen molar-refractivity contribution < 1.29 is 0 Å². The summed E-state index contributed by atoms with van der Waals surface area (Å²) in [6.45, 7) is 1.04. The van der Waals surface area contributed by atoms with E-state index < -0.39 is 0 Å². The second kappa shape index (κ2) is 5.84. The Kier molecular flexibility index (Phi) is 3.74. The van der Waals surface area contributed by atoms with Crippen LogP contribution in [0, 0.1) is 0 Å². The van der Waals surface area contributed by atoms with Crippen molar-refractivity contribution in [2.45, 2.75) is 12.8 Å². The van der Waals surface area contributed by atoms with Crippen LogP contribution >= 0.6 is 0 Å². The van der Waals surface area contributed by atoms with Gasteiger partial charge in [-0.1, -0.05) is 6.07 Å². The number of pyridine rings is 1. The molecule has 0 amide bonds. The molecule has 2 aromatic heterocycles. The van der Waals surface area contributed by atoms with Gasteiger partial charge in [-0.2, -0.15) is 0 Å². The highest BCUT2D eigenvalue weighted by molar-refractivity contribution is 5.79. The van der Waals surface area contributed by atoms with Gasteiger partial charge < -0.3 is 10.3 Å². The van der Waals surface area contributed by atoms with Gasteiger partial charge in [-0.05, 0) is 56.3 Å². The van der Waals surface area contributed by atoms with Gasteiger partial charge in [0.25, 0.3) is 0 Å². The zero-order valence-corrected chi connectivity index (χ0v) is 11.6. The molecule has 4 heteroatoms. The lowest BCUT2D eigenvalue weighted by atomic mass is 10.1. The fourth-order valence-electron chi connectivity index (χ4n) is 2.33. The molecule has 102 valence electrons. The summed E-state index contributed by atoms with van der Waals surface area (Å²) in [5.74, 6) is 0.898. The Labute approximate surface area is 118 Å². The van der Waals surface area contributed by atoms with Gasteiger partial charge in [0.2, 0.25) is 0 Å². The van der Waals surface area contributed by atoms with Crippen LogP contribution in [0.25, 0.3) is 22.4 Å². The van der Waals surface area contributed by atoms with Gasteiger partial charge in [0, 0.05) is 18.0 Å². The number of aromatic amines is 1. The maximum absolute atomic E-state index is 4.62. The van der Waals surface area contributed by atoms with E-state index in [4.69, 9.17) is 0 Å². The van der Waals surface area contributed by atoms with E-state index in [-0.39, 0.29) is 0 Å². The first-order chi connectivity index (χ1) is 9.86. The predicted octanol–water partition coefficient (Wildman–Crippen LogP) is 2.78. The Bertz CT molecular complexity index is 688. The van der Waals surface area contributed by atoms with Crippen molar-refractivity contribution in [3.05, 3.63) is 48.3 Å². The number of hydrogen-bond donors (Lipinski definition) is 2. The van der Waals surface area contributed by atoms with Crippen molar-refractivity contribution in [3.63, 3.8) is 0 Å². The van der Waals surface area contributed by atoms with Crippen molar-refractivity contribution in [3.8, 4) is 11.4 Å². The fourth-order valence-corrected chi connectivity index (χ4v) is 2.33.